The Kier molecular flexibility index (Phi) is 3.09. The summed E-state index contributed by atoms with van der Waals surface area (Å²) in [5, 5.41) is 0. The van der Waals surface area contributed by atoms with Crippen LogP contribution in [0.3, 0.4) is 0 Å². The van der Waals surface area contributed by atoms with Crippen molar-refractivity contribution in [3.63, 3.8) is 0 Å². The van der Waals surface area contributed by atoms with Crippen molar-refractivity contribution in [2.75, 3.05) is 26.3 Å². The smallest absolute Gasteiger partial charge is 0.170 e. The van der Waals surface area contributed by atoms with Crippen molar-refractivity contribution in [2.45, 2.75) is 25.2 Å². The molecule has 0 N–H and O–H groups in total. The fraction of sp³-hybridized carbons (Fsp3) is 0.615. The maximum Gasteiger partial charge on any atom is 0.170 e. The zero-order valence-corrected chi connectivity index (χ0v) is 9.97. The molecule has 17 heavy (non-hydrogen) atoms. The van der Waals surface area contributed by atoms with Crippen LogP contribution in [-0.4, -0.2) is 42.0 Å². The first-order valence-corrected chi connectivity index (χ1v) is 6.27. The number of likely N-dealkylation sites (tertiary alicyclic amines) is 1. The molecule has 0 unspecified atom stereocenters. The Bertz CT molecular complexity index is 353. The van der Waals surface area contributed by atoms with Crippen molar-refractivity contribution in [1.29, 1.82) is 0 Å². The van der Waals surface area contributed by atoms with Gasteiger partial charge in [-0.25, -0.2) is 0 Å². The molecule has 0 atom stereocenters. The first-order chi connectivity index (χ1) is 8.36. The minimum Gasteiger partial charge on any atom is -0.347 e. The summed E-state index contributed by atoms with van der Waals surface area (Å²) in [7, 11) is 0. The number of hydrogen-bond acceptors (Lipinski definition) is 4. The maximum atomic E-state index is 5.72. The van der Waals surface area contributed by atoms with Gasteiger partial charge in [-0.3, -0.25) is 9.88 Å². The molecule has 0 amide bonds. The van der Waals surface area contributed by atoms with E-state index in [4.69, 9.17) is 9.47 Å². The van der Waals surface area contributed by atoms with Crippen molar-refractivity contribution >= 4 is 0 Å². The predicted molar refractivity (Wildman–Crippen MR) is 63.4 cm³/mol. The van der Waals surface area contributed by atoms with Gasteiger partial charge in [0.15, 0.2) is 5.79 Å². The first kappa shape index (κ1) is 11.1. The largest absolute Gasteiger partial charge is 0.347 e. The number of piperidine rings is 1. The van der Waals surface area contributed by atoms with Crippen LogP contribution in [0.1, 0.15) is 18.5 Å². The van der Waals surface area contributed by atoms with Crippen molar-refractivity contribution in [3.8, 4) is 0 Å². The average Bonchev–Trinajstić information content (AvgIpc) is 2.83. The van der Waals surface area contributed by atoms with Crippen LogP contribution in [0.25, 0.3) is 0 Å². The lowest BCUT2D eigenvalue weighted by molar-refractivity contribution is -0.185. The summed E-state index contributed by atoms with van der Waals surface area (Å²) < 4.78 is 11.4. The van der Waals surface area contributed by atoms with Gasteiger partial charge < -0.3 is 9.47 Å². The topological polar surface area (TPSA) is 34.6 Å². The van der Waals surface area contributed by atoms with E-state index in [1.807, 2.05) is 18.3 Å². The molecule has 1 aromatic heterocycles. The number of aromatic nitrogens is 1. The predicted octanol–water partition coefficient (Wildman–Crippen LogP) is 1.42. The summed E-state index contributed by atoms with van der Waals surface area (Å²) in [6.45, 7) is 4.48. The summed E-state index contributed by atoms with van der Waals surface area (Å²) in [4.78, 5) is 6.77. The molecule has 2 aliphatic rings. The van der Waals surface area contributed by atoms with Gasteiger partial charge in [-0.15, -0.1) is 0 Å². The number of ether oxygens (including phenoxy) is 2. The van der Waals surface area contributed by atoms with Crippen molar-refractivity contribution in [3.05, 3.63) is 30.1 Å². The second kappa shape index (κ2) is 4.72. The second-order valence-corrected chi connectivity index (χ2v) is 4.70. The average molecular weight is 234 g/mol. The van der Waals surface area contributed by atoms with Crippen molar-refractivity contribution in [1.82, 2.24) is 9.88 Å². The molecule has 3 rings (SSSR count). The van der Waals surface area contributed by atoms with Crippen molar-refractivity contribution < 1.29 is 9.47 Å². The third-order valence-corrected chi connectivity index (χ3v) is 3.54. The Balaban J connectivity index is 1.55. The van der Waals surface area contributed by atoms with Crippen LogP contribution in [0.15, 0.2) is 24.4 Å². The molecule has 0 saturated carbocycles. The van der Waals surface area contributed by atoms with Gasteiger partial charge in [0.25, 0.3) is 0 Å². The quantitative estimate of drug-likeness (QED) is 0.775. The van der Waals surface area contributed by atoms with Crippen LogP contribution in [0.2, 0.25) is 0 Å². The Morgan fingerprint density at radius 2 is 1.94 bits per heavy atom. The lowest BCUT2D eigenvalue weighted by Gasteiger charge is -2.37. The van der Waals surface area contributed by atoms with Gasteiger partial charge in [-0.05, 0) is 12.1 Å². The molecule has 4 heteroatoms. The van der Waals surface area contributed by atoms with E-state index in [0.29, 0.717) is 0 Å². The highest BCUT2D eigenvalue weighted by atomic mass is 16.7. The van der Waals surface area contributed by atoms with Gasteiger partial charge in [0, 0.05) is 38.7 Å². The van der Waals surface area contributed by atoms with E-state index < -0.39 is 0 Å². The molecule has 0 aromatic carbocycles. The highest BCUT2D eigenvalue weighted by molar-refractivity contribution is 5.03. The summed E-state index contributed by atoms with van der Waals surface area (Å²) >= 11 is 0. The van der Waals surface area contributed by atoms with Gasteiger partial charge in [-0.2, -0.15) is 0 Å². The fourth-order valence-electron chi connectivity index (χ4n) is 2.56. The maximum absolute atomic E-state index is 5.72. The van der Waals surface area contributed by atoms with Crippen LogP contribution >= 0.6 is 0 Å². The van der Waals surface area contributed by atoms with E-state index >= 15 is 0 Å². The minimum atomic E-state index is -0.263. The second-order valence-electron chi connectivity index (χ2n) is 4.70. The third kappa shape index (κ3) is 2.49. The van der Waals surface area contributed by atoms with Crippen molar-refractivity contribution in [2.24, 2.45) is 0 Å². The molecular formula is C13H18N2O2. The van der Waals surface area contributed by atoms with Crippen LogP contribution in [0, 0.1) is 0 Å². The van der Waals surface area contributed by atoms with E-state index in [-0.39, 0.29) is 5.79 Å². The normalized spacial score (nSPS) is 24.2. The Morgan fingerprint density at radius 1 is 1.18 bits per heavy atom. The minimum absolute atomic E-state index is 0.263. The number of rotatable bonds is 2. The molecule has 4 nitrogen and oxygen atoms in total. The molecule has 1 aromatic rings. The van der Waals surface area contributed by atoms with Crippen LogP contribution < -0.4 is 0 Å². The van der Waals surface area contributed by atoms with E-state index in [9.17, 15) is 0 Å². The number of pyridine rings is 1. The van der Waals surface area contributed by atoms with Gasteiger partial charge >= 0.3 is 0 Å². The standard InChI is InChI=1S/C13H18N2O2/c1-2-6-14-12(3-1)11-15-7-4-13(5-8-15)16-9-10-17-13/h1-3,6H,4-5,7-11H2. The Labute approximate surface area is 102 Å². The summed E-state index contributed by atoms with van der Waals surface area (Å²) in [5.41, 5.74) is 1.14. The van der Waals surface area contributed by atoms with E-state index in [1.54, 1.807) is 0 Å². The highest BCUT2D eigenvalue weighted by Gasteiger charge is 2.39. The molecule has 1 spiro atoms. The zero-order valence-electron chi connectivity index (χ0n) is 9.97. The Hall–Kier alpha value is -0.970. The van der Waals surface area contributed by atoms with Crippen LogP contribution in [0.4, 0.5) is 0 Å². The molecule has 0 radical (unpaired) electrons. The van der Waals surface area contributed by atoms with E-state index in [2.05, 4.69) is 16.0 Å². The van der Waals surface area contributed by atoms with Gasteiger partial charge in [-0.1, -0.05) is 6.07 Å². The van der Waals surface area contributed by atoms with Gasteiger partial charge in [0.1, 0.15) is 0 Å². The summed E-state index contributed by atoms with van der Waals surface area (Å²) in [6.07, 6.45) is 3.80. The molecule has 3 heterocycles. The van der Waals surface area contributed by atoms with E-state index in [0.717, 1.165) is 51.4 Å². The van der Waals surface area contributed by atoms with Crippen LogP contribution in [-0.2, 0) is 16.0 Å². The van der Waals surface area contributed by atoms with Gasteiger partial charge in [0.05, 0.1) is 18.9 Å². The zero-order chi connectivity index (χ0) is 11.6. The monoisotopic (exact) mass is 234 g/mol. The SMILES string of the molecule is c1ccc(CN2CCC3(CC2)OCCO3)nc1. The lowest BCUT2D eigenvalue weighted by Crippen LogP contribution is -2.44. The molecule has 2 saturated heterocycles. The summed E-state index contributed by atoms with van der Waals surface area (Å²) in [6, 6.07) is 6.07. The third-order valence-electron chi connectivity index (χ3n) is 3.54. The summed E-state index contributed by atoms with van der Waals surface area (Å²) in [5.74, 6) is -0.263. The molecule has 2 fully saturated rings. The van der Waals surface area contributed by atoms with Gasteiger partial charge in [0.2, 0.25) is 0 Å². The molecule has 2 aliphatic heterocycles. The van der Waals surface area contributed by atoms with E-state index in [1.165, 1.54) is 0 Å². The Morgan fingerprint density at radius 3 is 2.59 bits per heavy atom. The molecule has 0 aliphatic carbocycles. The number of nitrogens with zero attached hydrogens (tertiary/aromatic N) is 2. The molecular weight excluding hydrogens is 216 g/mol. The molecule has 92 valence electrons. The number of hydrogen-bond donors (Lipinski definition) is 0. The molecule has 0 bridgehead atoms. The highest BCUT2D eigenvalue weighted by Crippen LogP contribution is 2.31. The fourth-order valence-corrected chi connectivity index (χ4v) is 2.56. The van der Waals surface area contributed by atoms with Crippen LogP contribution in [0.5, 0.6) is 0 Å². The first-order valence-electron chi connectivity index (χ1n) is 6.27. The lowest BCUT2D eigenvalue weighted by atomic mass is 10.0.